The van der Waals surface area contributed by atoms with E-state index in [1.165, 1.54) is 0 Å². The second kappa shape index (κ2) is 5.35. The molecule has 2 N–H and O–H groups in total. The van der Waals surface area contributed by atoms with E-state index in [2.05, 4.69) is 19.2 Å². The maximum Gasteiger partial charge on any atom is 0.225 e. The number of aliphatic hydroxyl groups is 1. The predicted molar refractivity (Wildman–Crippen MR) is 57.9 cm³/mol. The van der Waals surface area contributed by atoms with E-state index in [9.17, 15) is 4.79 Å². The summed E-state index contributed by atoms with van der Waals surface area (Å²) in [5, 5.41) is 11.6. The lowest BCUT2D eigenvalue weighted by molar-refractivity contribution is -0.131. The molecule has 0 radical (unpaired) electrons. The number of aliphatic hydroxyl groups excluding tert-OH is 1. The van der Waals surface area contributed by atoms with Crippen molar-refractivity contribution in [3.8, 4) is 0 Å². The molecule has 3 heteroatoms. The molecule has 0 aliphatic heterocycles. The number of carbonyl (C=O) groups is 1. The van der Waals surface area contributed by atoms with Crippen LogP contribution >= 0.6 is 0 Å². The minimum atomic E-state index is -0.350. The second-order valence-corrected chi connectivity index (χ2v) is 5.04. The van der Waals surface area contributed by atoms with Gasteiger partial charge in [0.05, 0.1) is 6.61 Å². The van der Waals surface area contributed by atoms with Gasteiger partial charge in [-0.25, -0.2) is 0 Å². The van der Waals surface area contributed by atoms with Gasteiger partial charge in [0.15, 0.2) is 0 Å². The van der Waals surface area contributed by atoms with Crippen LogP contribution < -0.4 is 5.32 Å². The third kappa shape index (κ3) is 4.61. The van der Waals surface area contributed by atoms with Gasteiger partial charge >= 0.3 is 0 Å². The summed E-state index contributed by atoms with van der Waals surface area (Å²) in [5.41, 5.74) is -0.350. The van der Waals surface area contributed by atoms with Crippen molar-refractivity contribution < 1.29 is 9.90 Å². The highest BCUT2D eigenvalue weighted by atomic mass is 16.3. The first-order valence-corrected chi connectivity index (χ1v) is 5.21. The van der Waals surface area contributed by atoms with Crippen molar-refractivity contribution in [1.82, 2.24) is 5.32 Å². The maximum absolute atomic E-state index is 11.7. The van der Waals surface area contributed by atoms with Crippen LogP contribution in [0.25, 0.3) is 0 Å². The van der Waals surface area contributed by atoms with Crippen molar-refractivity contribution in [2.75, 3.05) is 6.61 Å². The van der Waals surface area contributed by atoms with E-state index in [0.29, 0.717) is 5.92 Å². The zero-order valence-electron chi connectivity index (χ0n) is 9.92. The molecule has 84 valence electrons. The molecule has 0 aromatic rings. The highest BCUT2D eigenvalue weighted by Gasteiger charge is 2.28. The summed E-state index contributed by atoms with van der Waals surface area (Å²) in [6.07, 6.45) is 0.858. The third-order valence-electron chi connectivity index (χ3n) is 2.18. The van der Waals surface area contributed by atoms with Crippen LogP contribution in [0.2, 0.25) is 0 Å². The molecule has 1 unspecified atom stereocenters. The van der Waals surface area contributed by atoms with Gasteiger partial charge in [-0.3, -0.25) is 4.79 Å². The topological polar surface area (TPSA) is 49.3 Å². The van der Waals surface area contributed by atoms with Crippen LogP contribution in [-0.2, 0) is 4.79 Å². The zero-order chi connectivity index (χ0) is 11.4. The molecule has 0 saturated heterocycles. The molecular weight excluding hydrogens is 178 g/mol. The summed E-state index contributed by atoms with van der Waals surface area (Å²) in [6.45, 7) is 9.86. The molecule has 1 amide bonds. The molecule has 0 saturated carbocycles. The van der Waals surface area contributed by atoms with Gasteiger partial charge in [0.25, 0.3) is 0 Å². The van der Waals surface area contributed by atoms with Crippen molar-refractivity contribution in [1.29, 1.82) is 0 Å². The second-order valence-electron chi connectivity index (χ2n) is 5.04. The van der Waals surface area contributed by atoms with E-state index >= 15 is 0 Å². The summed E-state index contributed by atoms with van der Waals surface area (Å²) >= 11 is 0. The first-order chi connectivity index (χ1) is 6.29. The van der Waals surface area contributed by atoms with E-state index < -0.39 is 0 Å². The van der Waals surface area contributed by atoms with Gasteiger partial charge in [-0.2, -0.15) is 0 Å². The molecule has 0 fully saturated rings. The summed E-state index contributed by atoms with van der Waals surface area (Å²) < 4.78 is 0. The average Bonchev–Trinajstić information content (AvgIpc) is 2.01. The number of hydrogen-bond donors (Lipinski definition) is 2. The summed E-state index contributed by atoms with van der Waals surface area (Å²) in [5.74, 6) is 0.521. The van der Waals surface area contributed by atoms with Gasteiger partial charge in [0, 0.05) is 11.5 Å². The minimum Gasteiger partial charge on any atom is -0.394 e. The summed E-state index contributed by atoms with van der Waals surface area (Å²) in [6, 6.07) is -0.158. The number of hydrogen-bond acceptors (Lipinski definition) is 2. The minimum absolute atomic E-state index is 0.0104. The van der Waals surface area contributed by atoms with Crippen LogP contribution in [0.4, 0.5) is 0 Å². The first-order valence-electron chi connectivity index (χ1n) is 5.21. The Labute approximate surface area is 86.9 Å². The number of carbonyl (C=O) groups excluding carboxylic acids is 1. The van der Waals surface area contributed by atoms with E-state index in [0.717, 1.165) is 6.42 Å². The van der Waals surface area contributed by atoms with Crippen molar-refractivity contribution >= 4 is 5.91 Å². The Bertz CT molecular complexity index is 188. The standard InChI is InChI=1S/C11H23NO2/c1-8(2)6-11(4,5)10(14)12-9(3)7-13/h8-9,13H,6-7H2,1-5H3,(H,12,14). The van der Waals surface area contributed by atoms with Crippen LogP contribution in [0.15, 0.2) is 0 Å². The van der Waals surface area contributed by atoms with Crippen molar-refractivity contribution in [2.24, 2.45) is 11.3 Å². The van der Waals surface area contributed by atoms with E-state index in [-0.39, 0.29) is 24.0 Å². The van der Waals surface area contributed by atoms with Crippen molar-refractivity contribution in [3.63, 3.8) is 0 Å². The van der Waals surface area contributed by atoms with Crippen LogP contribution in [0.5, 0.6) is 0 Å². The van der Waals surface area contributed by atoms with Crippen LogP contribution in [0, 0.1) is 11.3 Å². The van der Waals surface area contributed by atoms with Gasteiger partial charge in [0.1, 0.15) is 0 Å². The van der Waals surface area contributed by atoms with Crippen LogP contribution in [-0.4, -0.2) is 23.7 Å². The Morgan fingerprint density at radius 2 is 1.86 bits per heavy atom. The predicted octanol–water partition coefficient (Wildman–Crippen LogP) is 1.56. The van der Waals surface area contributed by atoms with Gasteiger partial charge in [0.2, 0.25) is 5.91 Å². The highest BCUT2D eigenvalue weighted by Crippen LogP contribution is 2.25. The molecule has 0 rings (SSSR count). The lowest BCUT2D eigenvalue weighted by atomic mass is 9.83. The van der Waals surface area contributed by atoms with E-state index in [1.807, 2.05) is 13.8 Å². The molecule has 0 heterocycles. The number of nitrogens with one attached hydrogen (secondary N) is 1. The number of rotatable bonds is 5. The van der Waals surface area contributed by atoms with E-state index in [4.69, 9.17) is 5.11 Å². The van der Waals surface area contributed by atoms with Gasteiger partial charge < -0.3 is 10.4 Å². The number of amides is 1. The van der Waals surface area contributed by atoms with Crippen LogP contribution in [0.3, 0.4) is 0 Å². The van der Waals surface area contributed by atoms with E-state index in [1.54, 1.807) is 6.92 Å². The molecule has 14 heavy (non-hydrogen) atoms. The molecule has 0 aliphatic rings. The lowest BCUT2D eigenvalue weighted by Gasteiger charge is -2.27. The molecule has 0 spiro atoms. The quantitative estimate of drug-likeness (QED) is 0.709. The molecule has 0 aromatic carbocycles. The maximum atomic E-state index is 11.7. The molecule has 0 bridgehead atoms. The van der Waals surface area contributed by atoms with Crippen molar-refractivity contribution in [3.05, 3.63) is 0 Å². The summed E-state index contributed by atoms with van der Waals surface area (Å²) in [7, 11) is 0. The fourth-order valence-electron chi connectivity index (χ4n) is 1.58. The normalized spacial score (nSPS) is 14.2. The molecule has 0 aliphatic carbocycles. The smallest absolute Gasteiger partial charge is 0.225 e. The van der Waals surface area contributed by atoms with Crippen molar-refractivity contribution in [2.45, 2.75) is 47.1 Å². The van der Waals surface area contributed by atoms with Gasteiger partial charge in [-0.1, -0.05) is 27.7 Å². The molecule has 0 aromatic heterocycles. The fourth-order valence-corrected chi connectivity index (χ4v) is 1.58. The Balaban J connectivity index is 4.21. The average molecular weight is 201 g/mol. The fraction of sp³-hybridized carbons (Fsp3) is 0.909. The molecule has 3 nitrogen and oxygen atoms in total. The largest absolute Gasteiger partial charge is 0.394 e. The first kappa shape index (κ1) is 13.4. The Morgan fingerprint density at radius 1 is 1.36 bits per heavy atom. The summed E-state index contributed by atoms with van der Waals surface area (Å²) in [4.78, 5) is 11.7. The zero-order valence-corrected chi connectivity index (χ0v) is 9.92. The lowest BCUT2D eigenvalue weighted by Crippen LogP contribution is -2.43. The Hall–Kier alpha value is -0.570. The Morgan fingerprint density at radius 3 is 2.21 bits per heavy atom. The monoisotopic (exact) mass is 201 g/mol. The Kier molecular flexibility index (Phi) is 5.13. The molecule has 1 atom stereocenters. The van der Waals surface area contributed by atoms with Gasteiger partial charge in [-0.05, 0) is 19.3 Å². The van der Waals surface area contributed by atoms with Gasteiger partial charge in [-0.15, -0.1) is 0 Å². The molecular formula is C11H23NO2. The highest BCUT2D eigenvalue weighted by molar-refractivity contribution is 5.82. The SMILES string of the molecule is CC(C)CC(C)(C)C(=O)NC(C)CO. The van der Waals surface area contributed by atoms with Crippen LogP contribution in [0.1, 0.15) is 41.0 Å². The third-order valence-corrected chi connectivity index (χ3v) is 2.18.